The first-order valence-corrected chi connectivity index (χ1v) is 8.35. The molecule has 23 heavy (non-hydrogen) atoms. The molecule has 1 amide bonds. The van der Waals surface area contributed by atoms with Crippen molar-refractivity contribution in [2.45, 2.75) is 26.3 Å². The van der Waals surface area contributed by atoms with Gasteiger partial charge in [-0.3, -0.25) is 14.7 Å². The monoisotopic (exact) mass is 312 g/mol. The normalized spacial score (nSPS) is 14.7. The third-order valence-electron chi connectivity index (χ3n) is 4.47. The second-order valence-electron chi connectivity index (χ2n) is 5.95. The van der Waals surface area contributed by atoms with Crippen molar-refractivity contribution in [3.05, 3.63) is 41.1 Å². The molecule has 0 unspecified atom stereocenters. The highest BCUT2D eigenvalue weighted by Crippen LogP contribution is 2.28. The van der Waals surface area contributed by atoms with E-state index in [9.17, 15) is 4.79 Å². The fraction of sp³-hybridized carbons (Fsp3) is 0.444. The minimum absolute atomic E-state index is 0.00810. The van der Waals surface area contributed by atoms with Gasteiger partial charge in [0.2, 0.25) is 0 Å². The highest BCUT2D eigenvalue weighted by Gasteiger charge is 2.24. The molecule has 3 rings (SSSR count). The fourth-order valence-electron chi connectivity index (χ4n) is 3.17. The molecule has 1 aliphatic heterocycles. The summed E-state index contributed by atoms with van der Waals surface area (Å²) in [4.78, 5) is 20.0. The van der Waals surface area contributed by atoms with Gasteiger partial charge in [-0.1, -0.05) is 25.1 Å². The SMILES string of the molecule is CCN1CCc2nc3ccccc3c(C(=O)NCCCN)c2C1. The Morgan fingerprint density at radius 3 is 3.00 bits per heavy atom. The van der Waals surface area contributed by atoms with Crippen LogP contribution in [0.5, 0.6) is 0 Å². The summed E-state index contributed by atoms with van der Waals surface area (Å²) in [5.41, 5.74) is 9.37. The van der Waals surface area contributed by atoms with Gasteiger partial charge in [-0.05, 0) is 25.6 Å². The maximum atomic E-state index is 12.8. The topological polar surface area (TPSA) is 71.2 Å². The third-order valence-corrected chi connectivity index (χ3v) is 4.47. The van der Waals surface area contributed by atoms with Gasteiger partial charge < -0.3 is 11.1 Å². The first-order chi connectivity index (χ1) is 11.2. The molecule has 0 saturated heterocycles. The zero-order valence-corrected chi connectivity index (χ0v) is 13.6. The van der Waals surface area contributed by atoms with E-state index < -0.39 is 0 Å². The summed E-state index contributed by atoms with van der Waals surface area (Å²) in [5, 5.41) is 3.95. The van der Waals surface area contributed by atoms with Gasteiger partial charge in [-0.15, -0.1) is 0 Å². The van der Waals surface area contributed by atoms with E-state index >= 15 is 0 Å². The number of nitrogens with zero attached hydrogens (tertiary/aromatic N) is 2. The van der Waals surface area contributed by atoms with Crippen molar-refractivity contribution < 1.29 is 4.79 Å². The van der Waals surface area contributed by atoms with Crippen molar-refractivity contribution in [2.24, 2.45) is 5.73 Å². The summed E-state index contributed by atoms with van der Waals surface area (Å²) >= 11 is 0. The molecule has 2 aromatic rings. The van der Waals surface area contributed by atoms with Crippen LogP contribution in [0.4, 0.5) is 0 Å². The number of carbonyl (C=O) groups excluding carboxylic acids is 1. The van der Waals surface area contributed by atoms with Gasteiger partial charge in [0.25, 0.3) is 5.91 Å². The molecule has 0 saturated carbocycles. The van der Waals surface area contributed by atoms with Crippen LogP contribution in [-0.4, -0.2) is 42.0 Å². The molecule has 0 radical (unpaired) electrons. The molecular formula is C18H24N4O. The third kappa shape index (κ3) is 3.21. The van der Waals surface area contributed by atoms with E-state index in [0.29, 0.717) is 13.1 Å². The lowest BCUT2D eigenvalue weighted by Crippen LogP contribution is -2.34. The van der Waals surface area contributed by atoms with Crippen LogP contribution in [0.15, 0.2) is 24.3 Å². The van der Waals surface area contributed by atoms with Gasteiger partial charge in [0.05, 0.1) is 11.1 Å². The molecule has 0 spiro atoms. The summed E-state index contributed by atoms with van der Waals surface area (Å²) < 4.78 is 0. The molecule has 0 atom stereocenters. The van der Waals surface area contributed by atoms with Gasteiger partial charge in [0.1, 0.15) is 0 Å². The number of nitrogens with two attached hydrogens (primary N) is 1. The lowest BCUT2D eigenvalue weighted by atomic mass is 9.95. The number of carbonyl (C=O) groups is 1. The van der Waals surface area contributed by atoms with Crippen molar-refractivity contribution in [1.29, 1.82) is 0 Å². The minimum Gasteiger partial charge on any atom is -0.352 e. The zero-order chi connectivity index (χ0) is 16.2. The fourth-order valence-corrected chi connectivity index (χ4v) is 3.17. The van der Waals surface area contributed by atoms with Crippen molar-refractivity contribution in [3.8, 4) is 0 Å². The second kappa shape index (κ2) is 7.06. The highest BCUT2D eigenvalue weighted by molar-refractivity contribution is 6.07. The molecular weight excluding hydrogens is 288 g/mol. The van der Waals surface area contributed by atoms with Crippen molar-refractivity contribution >= 4 is 16.8 Å². The van der Waals surface area contributed by atoms with E-state index in [1.165, 1.54) is 0 Å². The maximum Gasteiger partial charge on any atom is 0.252 e. The number of aromatic nitrogens is 1. The number of hydrogen-bond acceptors (Lipinski definition) is 4. The number of hydrogen-bond donors (Lipinski definition) is 2. The van der Waals surface area contributed by atoms with Crippen molar-refractivity contribution in [2.75, 3.05) is 26.2 Å². The smallest absolute Gasteiger partial charge is 0.252 e. The Morgan fingerprint density at radius 2 is 2.22 bits per heavy atom. The predicted octanol–water partition coefficient (Wildman–Crippen LogP) is 1.69. The molecule has 3 N–H and O–H groups in total. The largest absolute Gasteiger partial charge is 0.352 e. The predicted molar refractivity (Wildman–Crippen MR) is 92.4 cm³/mol. The molecule has 5 heteroatoms. The lowest BCUT2D eigenvalue weighted by molar-refractivity contribution is 0.0952. The van der Waals surface area contributed by atoms with E-state index in [0.717, 1.165) is 60.2 Å². The summed E-state index contributed by atoms with van der Waals surface area (Å²) in [6.45, 7) is 6.13. The van der Waals surface area contributed by atoms with Crippen LogP contribution in [0.1, 0.15) is 35.0 Å². The van der Waals surface area contributed by atoms with Crippen molar-refractivity contribution in [1.82, 2.24) is 15.2 Å². The standard InChI is InChI=1S/C18H24N4O/c1-2-22-11-8-16-14(12-22)17(18(23)20-10-5-9-19)13-6-3-4-7-15(13)21-16/h3-4,6-7H,2,5,8-12,19H2,1H3,(H,20,23). The number of likely N-dealkylation sites (N-methyl/N-ethyl adjacent to an activating group) is 1. The number of amides is 1. The molecule has 0 bridgehead atoms. The summed E-state index contributed by atoms with van der Waals surface area (Å²) in [6.07, 6.45) is 1.69. The van der Waals surface area contributed by atoms with Crippen LogP contribution in [0.3, 0.4) is 0 Å². The average Bonchev–Trinajstić information content (AvgIpc) is 2.59. The van der Waals surface area contributed by atoms with E-state index in [2.05, 4.69) is 17.1 Å². The van der Waals surface area contributed by atoms with Gasteiger partial charge in [-0.2, -0.15) is 0 Å². The van der Waals surface area contributed by atoms with E-state index in [1.807, 2.05) is 24.3 Å². The van der Waals surface area contributed by atoms with Gasteiger partial charge in [-0.25, -0.2) is 0 Å². The Hall–Kier alpha value is -1.98. The van der Waals surface area contributed by atoms with Crippen LogP contribution in [0.25, 0.3) is 10.9 Å². The molecule has 1 aromatic heterocycles. The number of pyridine rings is 1. The number of nitrogens with one attached hydrogen (secondary N) is 1. The van der Waals surface area contributed by atoms with E-state index in [-0.39, 0.29) is 5.91 Å². The van der Waals surface area contributed by atoms with Crippen LogP contribution in [0.2, 0.25) is 0 Å². The summed E-state index contributed by atoms with van der Waals surface area (Å²) in [6, 6.07) is 7.91. The Labute approximate surface area is 136 Å². The summed E-state index contributed by atoms with van der Waals surface area (Å²) in [7, 11) is 0. The Balaban J connectivity index is 2.06. The number of rotatable bonds is 5. The van der Waals surface area contributed by atoms with Gasteiger partial charge >= 0.3 is 0 Å². The van der Waals surface area contributed by atoms with Crippen LogP contribution < -0.4 is 11.1 Å². The molecule has 5 nitrogen and oxygen atoms in total. The minimum atomic E-state index is -0.00810. The lowest BCUT2D eigenvalue weighted by Gasteiger charge is -2.29. The average molecular weight is 312 g/mol. The van der Waals surface area contributed by atoms with Crippen LogP contribution in [-0.2, 0) is 13.0 Å². The number of para-hydroxylation sites is 1. The molecule has 122 valence electrons. The quantitative estimate of drug-likeness (QED) is 0.824. The maximum absolute atomic E-state index is 12.8. The van der Waals surface area contributed by atoms with Crippen LogP contribution >= 0.6 is 0 Å². The Bertz CT molecular complexity index is 713. The molecule has 1 aromatic carbocycles. The molecule has 2 heterocycles. The number of benzene rings is 1. The first kappa shape index (κ1) is 15.9. The summed E-state index contributed by atoms with van der Waals surface area (Å²) in [5.74, 6) is -0.00810. The van der Waals surface area contributed by atoms with Gasteiger partial charge in [0, 0.05) is 42.7 Å². The highest BCUT2D eigenvalue weighted by atomic mass is 16.1. The van der Waals surface area contributed by atoms with Crippen LogP contribution in [0, 0.1) is 0 Å². The molecule has 1 aliphatic rings. The Kier molecular flexibility index (Phi) is 4.88. The second-order valence-corrected chi connectivity index (χ2v) is 5.95. The molecule has 0 aliphatic carbocycles. The van der Waals surface area contributed by atoms with Crippen molar-refractivity contribution in [3.63, 3.8) is 0 Å². The Morgan fingerprint density at radius 1 is 1.39 bits per heavy atom. The molecule has 0 fully saturated rings. The number of fused-ring (bicyclic) bond motifs is 2. The first-order valence-electron chi connectivity index (χ1n) is 8.35. The zero-order valence-electron chi connectivity index (χ0n) is 13.6. The van der Waals surface area contributed by atoms with E-state index in [1.54, 1.807) is 0 Å². The van der Waals surface area contributed by atoms with E-state index in [4.69, 9.17) is 10.7 Å². The van der Waals surface area contributed by atoms with Gasteiger partial charge in [0.15, 0.2) is 0 Å².